The van der Waals surface area contributed by atoms with E-state index in [1.54, 1.807) is 48.6 Å². The SMILES string of the molecule is CN/C=C(\C=N)c1ccncc1/C=C/C(=O)Nc1ccc2scnc2c1. The van der Waals surface area contributed by atoms with Crippen LogP contribution in [0.1, 0.15) is 11.1 Å². The number of carbonyl (C=O) groups is 1. The molecule has 0 saturated carbocycles. The zero-order chi connectivity index (χ0) is 18.4. The zero-order valence-corrected chi connectivity index (χ0v) is 14.9. The number of nitrogens with zero attached hydrogens (tertiary/aromatic N) is 2. The summed E-state index contributed by atoms with van der Waals surface area (Å²) < 4.78 is 1.08. The number of carbonyl (C=O) groups excluding carboxylic acids is 1. The Morgan fingerprint density at radius 1 is 1.31 bits per heavy atom. The summed E-state index contributed by atoms with van der Waals surface area (Å²) in [7, 11) is 1.77. The maximum absolute atomic E-state index is 12.2. The normalized spacial score (nSPS) is 11.7. The Morgan fingerprint density at radius 3 is 3.00 bits per heavy atom. The van der Waals surface area contributed by atoms with Crippen molar-refractivity contribution in [2.24, 2.45) is 0 Å². The Kier molecular flexibility index (Phi) is 5.50. The van der Waals surface area contributed by atoms with Crippen molar-refractivity contribution < 1.29 is 4.79 Å². The van der Waals surface area contributed by atoms with Gasteiger partial charge in [0.1, 0.15) is 0 Å². The van der Waals surface area contributed by atoms with E-state index in [9.17, 15) is 4.79 Å². The number of pyridine rings is 1. The first-order chi connectivity index (χ1) is 12.7. The lowest BCUT2D eigenvalue weighted by Gasteiger charge is -2.06. The predicted molar refractivity (Wildman–Crippen MR) is 107 cm³/mol. The van der Waals surface area contributed by atoms with Crippen molar-refractivity contribution in [3.8, 4) is 0 Å². The number of anilines is 1. The molecule has 2 heterocycles. The Morgan fingerprint density at radius 2 is 2.19 bits per heavy atom. The monoisotopic (exact) mass is 363 g/mol. The highest BCUT2D eigenvalue weighted by Crippen LogP contribution is 2.22. The van der Waals surface area contributed by atoms with Gasteiger partial charge in [-0.05, 0) is 35.9 Å². The maximum atomic E-state index is 12.2. The first-order valence-electron chi connectivity index (χ1n) is 7.86. The van der Waals surface area contributed by atoms with Gasteiger partial charge in [-0.15, -0.1) is 11.3 Å². The number of allylic oxidation sites excluding steroid dienone is 1. The average molecular weight is 363 g/mol. The number of hydrogen-bond acceptors (Lipinski definition) is 6. The van der Waals surface area contributed by atoms with Gasteiger partial charge in [-0.1, -0.05) is 0 Å². The second-order valence-corrected chi connectivity index (χ2v) is 6.24. The number of benzene rings is 1. The Labute approximate surface area is 154 Å². The van der Waals surface area contributed by atoms with Crippen LogP contribution in [0.25, 0.3) is 21.9 Å². The molecule has 0 aliphatic rings. The van der Waals surface area contributed by atoms with Gasteiger partial charge >= 0.3 is 0 Å². The predicted octanol–water partition coefficient (Wildman–Crippen LogP) is 3.55. The van der Waals surface area contributed by atoms with Crippen molar-refractivity contribution in [2.75, 3.05) is 12.4 Å². The van der Waals surface area contributed by atoms with Crippen LogP contribution >= 0.6 is 11.3 Å². The fourth-order valence-electron chi connectivity index (χ4n) is 2.44. The first kappa shape index (κ1) is 17.5. The van der Waals surface area contributed by atoms with Gasteiger partial charge in [0, 0.05) is 54.8 Å². The number of rotatable bonds is 6. The summed E-state index contributed by atoms with van der Waals surface area (Å²) in [5, 5.41) is 13.3. The van der Waals surface area contributed by atoms with Gasteiger partial charge in [0.25, 0.3) is 0 Å². The van der Waals surface area contributed by atoms with E-state index in [4.69, 9.17) is 5.41 Å². The first-order valence-corrected chi connectivity index (χ1v) is 8.74. The molecule has 0 saturated heterocycles. The summed E-state index contributed by atoms with van der Waals surface area (Å²) in [5.74, 6) is -0.247. The molecule has 0 atom stereocenters. The van der Waals surface area contributed by atoms with Crippen LogP contribution < -0.4 is 10.6 Å². The standard InChI is InChI=1S/C19H17N5OS/c1-21-10-14(9-20)16-6-7-22-11-13(16)2-5-19(25)24-15-3-4-18-17(8-15)23-12-26-18/h2-12,20-21H,1H3,(H,24,25)/b5-2+,14-10+,20-9?. The highest BCUT2D eigenvalue weighted by atomic mass is 32.1. The fraction of sp³-hybridized carbons (Fsp3) is 0.0526. The average Bonchev–Trinajstić information content (AvgIpc) is 3.12. The number of nitrogens with one attached hydrogen (secondary N) is 3. The van der Waals surface area contributed by atoms with Gasteiger partial charge in [0.05, 0.1) is 15.7 Å². The number of aromatic nitrogens is 2. The number of thiazole rings is 1. The smallest absolute Gasteiger partial charge is 0.248 e. The molecule has 2 aromatic heterocycles. The van der Waals surface area contributed by atoms with Crippen LogP contribution in [0.2, 0.25) is 0 Å². The van der Waals surface area contributed by atoms with Crippen molar-refractivity contribution in [3.63, 3.8) is 0 Å². The van der Waals surface area contributed by atoms with Gasteiger partial charge in [0.15, 0.2) is 0 Å². The van der Waals surface area contributed by atoms with Crippen LogP contribution in [0, 0.1) is 5.41 Å². The lowest BCUT2D eigenvalue weighted by molar-refractivity contribution is -0.111. The van der Waals surface area contributed by atoms with Crippen LogP contribution in [-0.2, 0) is 4.79 Å². The van der Waals surface area contributed by atoms with Crippen molar-refractivity contribution in [1.29, 1.82) is 5.41 Å². The van der Waals surface area contributed by atoms with Crippen LogP contribution in [0.3, 0.4) is 0 Å². The topological polar surface area (TPSA) is 90.8 Å². The van der Waals surface area contributed by atoms with E-state index in [0.29, 0.717) is 11.3 Å². The van der Waals surface area contributed by atoms with Crippen molar-refractivity contribution >= 4 is 51.0 Å². The maximum Gasteiger partial charge on any atom is 0.248 e. The van der Waals surface area contributed by atoms with E-state index in [-0.39, 0.29) is 5.91 Å². The minimum atomic E-state index is -0.247. The summed E-state index contributed by atoms with van der Waals surface area (Å²) in [6, 6.07) is 7.44. The Bertz CT molecular complexity index is 1010. The van der Waals surface area contributed by atoms with Crippen LogP contribution in [0.5, 0.6) is 0 Å². The summed E-state index contributed by atoms with van der Waals surface area (Å²) in [6.07, 6.45) is 9.43. The summed E-state index contributed by atoms with van der Waals surface area (Å²) >= 11 is 1.56. The van der Waals surface area contributed by atoms with Gasteiger partial charge < -0.3 is 16.0 Å². The van der Waals surface area contributed by atoms with E-state index in [0.717, 1.165) is 21.3 Å². The second kappa shape index (κ2) is 8.17. The molecule has 1 amide bonds. The second-order valence-electron chi connectivity index (χ2n) is 5.35. The Hall–Kier alpha value is -3.32. The van der Waals surface area contributed by atoms with Gasteiger partial charge in [-0.2, -0.15) is 0 Å². The van der Waals surface area contributed by atoms with E-state index in [2.05, 4.69) is 20.6 Å². The molecule has 3 rings (SSSR count). The lowest BCUT2D eigenvalue weighted by atomic mass is 10.0. The highest BCUT2D eigenvalue weighted by molar-refractivity contribution is 7.16. The summed E-state index contributed by atoms with van der Waals surface area (Å²) in [5.41, 5.74) is 5.60. The molecule has 0 aliphatic carbocycles. The molecule has 0 unspecified atom stereocenters. The largest absolute Gasteiger partial charge is 0.393 e. The van der Waals surface area contributed by atoms with Gasteiger partial charge in [-0.25, -0.2) is 4.98 Å². The minimum absolute atomic E-state index is 0.247. The van der Waals surface area contributed by atoms with E-state index in [1.165, 1.54) is 12.3 Å². The molecule has 1 aromatic carbocycles. The molecular weight excluding hydrogens is 346 g/mol. The van der Waals surface area contributed by atoms with E-state index >= 15 is 0 Å². The third-order valence-electron chi connectivity index (χ3n) is 3.63. The van der Waals surface area contributed by atoms with Crippen molar-refractivity contribution in [3.05, 3.63) is 65.6 Å². The number of fused-ring (bicyclic) bond motifs is 1. The molecule has 6 nitrogen and oxygen atoms in total. The third-order valence-corrected chi connectivity index (χ3v) is 4.44. The fourth-order valence-corrected chi connectivity index (χ4v) is 3.10. The van der Waals surface area contributed by atoms with Gasteiger partial charge in [-0.3, -0.25) is 9.78 Å². The highest BCUT2D eigenvalue weighted by Gasteiger charge is 2.05. The molecular formula is C19H17N5OS. The van der Waals surface area contributed by atoms with Gasteiger partial charge in [0.2, 0.25) is 5.91 Å². The quantitative estimate of drug-likeness (QED) is 0.461. The van der Waals surface area contributed by atoms with Crippen LogP contribution in [-0.4, -0.2) is 29.1 Å². The molecule has 7 heteroatoms. The Balaban J connectivity index is 1.78. The lowest BCUT2D eigenvalue weighted by Crippen LogP contribution is -2.07. The third kappa shape index (κ3) is 4.01. The number of hydrogen-bond donors (Lipinski definition) is 3. The summed E-state index contributed by atoms with van der Waals surface area (Å²) in [4.78, 5) is 20.6. The molecule has 0 fully saturated rings. The molecule has 130 valence electrons. The minimum Gasteiger partial charge on any atom is -0.393 e. The number of amides is 1. The molecule has 0 bridgehead atoms. The molecule has 26 heavy (non-hydrogen) atoms. The van der Waals surface area contributed by atoms with E-state index in [1.807, 2.05) is 24.3 Å². The molecule has 0 aliphatic heterocycles. The zero-order valence-electron chi connectivity index (χ0n) is 14.1. The van der Waals surface area contributed by atoms with Crippen molar-refractivity contribution in [1.82, 2.24) is 15.3 Å². The van der Waals surface area contributed by atoms with Crippen LogP contribution in [0.15, 0.2) is 54.4 Å². The summed E-state index contributed by atoms with van der Waals surface area (Å²) in [6.45, 7) is 0. The van der Waals surface area contributed by atoms with E-state index < -0.39 is 0 Å². The molecule has 0 radical (unpaired) electrons. The molecule has 0 spiro atoms. The van der Waals surface area contributed by atoms with Crippen molar-refractivity contribution in [2.45, 2.75) is 0 Å². The molecule has 3 N–H and O–H groups in total. The molecule has 3 aromatic rings. The van der Waals surface area contributed by atoms with Crippen LogP contribution in [0.4, 0.5) is 5.69 Å².